The molecule has 26 heavy (non-hydrogen) atoms. The van der Waals surface area contributed by atoms with Crippen molar-refractivity contribution in [2.24, 2.45) is 0 Å². The molecule has 0 fully saturated rings. The first-order chi connectivity index (χ1) is 12.4. The number of halogens is 2. The number of nitrogens with one attached hydrogen (secondary N) is 2. The Bertz CT molecular complexity index is 976. The highest BCUT2D eigenvalue weighted by atomic mass is 35.5. The highest BCUT2D eigenvalue weighted by Gasteiger charge is 2.14. The van der Waals surface area contributed by atoms with E-state index in [1.807, 2.05) is 0 Å². The van der Waals surface area contributed by atoms with Crippen LogP contribution < -0.4 is 10.0 Å². The van der Waals surface area contributed by atoms with E-state index in [4.69, 9.17) is 11.6 Å². The molecule has 5 nitrogen and oxygen atoms in total. The van der Waals surface area contributed by atoms with E-state index in [2.05, 4.69) is 15.0 Å². The van der Waals surface area contributed by atoms with Gasteiger partial charge in [-0.3, -0.25) is 4.72 Å². The summed E-state index contributed by atoms with van der Waals surface area (Å²) in [5, 5.41) is 3.54. The number of hydrogen-bond donors (Lipinski definition) is 2. The Morgan fingerprint density at radius 2 is 1.65 bits per heavy atom. The molecule has 134 valence electrons. The number of benzene rings is 2. The van der Waals surface area contributed by atoms with Crippen molar-refractivity contribution in [3.8, 4) is 0 Å². The van der Waals surface area contributed by atoms with E-state index in [1.165, 1.54) is 42.6 Å². The first-order valence-electron chi connectivity index (χ1n) is 7.65. The van der Waals surface area contributed by atoms with Crippen LogP contribution in [-0.2, 0) is 16.6 Å². The monoisotopic (exact) mass is 391 g/mol. The van der Waals surface area contributed by atoms with E-state index in [1.54, 1.807) is 24.3 Å². The molecule has 2 aromatic carbocycles. The van der Waals surface area contributed by atoms with Gasteiger partial charge in [0.1, 0.15) is 11.6 Å². The molecule has 1 heterocycles. The minimum atomic E-state index is -3.71. The Balaban J connectivity index is 1.63. The zero-order chi connectivity index (χ0) is 18.6. The predicted molar refractivity (Wildman–Crippen MR) is 100 cm³/mol. The van der Waals surface area contributed by atoms with Crippen LogP contribution in [0.1, 0.15) is 5.56 Å². The van der Waals surface area contributed by atoms with Crippen molar-refractivity contribution in [1.29, 1.82) is 0 Å². The Morgan fingerprint density at radius 3 is 2.27 bits per heavy atom. The van der Waals surface area contributed by atoms with Gasteiger partial charge in [0.2, 0.25) is 0 Å². The fourth-order valence-electron chi connectivity index (χ4n) is 2.18. The average Bonchev–Trinajstić information content (AvgIpc) is 2.62. The second kappa shape index (κ2) is 7.72. The van der Waals surface area contributed by atoms with Crippen LogP contribution >= 0.6 is 11.6 Å². The van der Waals surface area contributed by atoms with E-state index in [0.29, 0.717) is 23.1 Å². The van der Waals surface area contributed by atoms with Gasteiger partial charge in [0.25, 0.3) is 10.0 Å². The molecule has 3 aromatic rings. The third-order valence-corrected chi connectivity index (χ3v) is 5.18. The second-order valence-electron chi connectivity index (χ2n) is 5.47. The summed E-state index contributed by atoms with van der Waals surface area (Å²) < 4.78 is 40.0. The summed E-state index contributed by atoms with van der Waals surface area (Å²) in [6, 6.07) is 15.3. The molecule has 0 unspecified atom stereocenters. The third-order valence-electron chi connectivity index (χ3n) is 3.53. The first-order valence-corrected chi connectivity index (χ1v) is 9.51. The maximum Gasteiger partial charge on any atom is 0.261 e. The van der Waals surface area contributed by atoms with E-state index >= 15 is 0 Å². The minimum Gasteiger partial charge on any atom is -0.366 e. The van der Waals surface area contributed by atoms with Gasteiger partial charge in [-0.05, 0) is 54.1 Å². The molecule has 0 radical (unpaired) electrons. The smallest absolute Gasteiger partial charge is 0.261 e. The number of nitrogens with zero attached hydrogens (tertiary/aromatic N) is 1. The maximum absolute atomic E-state index is 12.9. The lowest BCUT2D eigenvalue weighted by Crippen LogP contribution is -2.13. The van der Waals surface area contributed by atoms with Crippen LogP contribution in [0.25, 0.3) is 0 Å². The van der Waals surface area contributed by atoms with Gasteiger partial charge in [0.15, 0.2) is 0 Å². The quantitative estimate of drug-likeness (QED) is 0.657. The summed E-state index contributed by atoms with van der Waals surface area (Å²) in [5.74, 6) is 0.285. The lowest BCUT2D eigenvalue weighted by atomic mass is 10.2. The standard InChI is InChI=1S/C18H15ClFN3O2S/c19-14-3-8-17(9-4-14)26(24,25)23-16-7-10-18(22-12-16)21-11-13-1-5-15(20)6-2-13/h1-10,12,23H,11H2,(H,21,22). The molecule has 0 aliphatic rings. The number of hydrogen-bond acceptors (Lipinski definition) is 4. The van der Waals surface area contributed by atoms with Crippen molar-refractivity contribution in [3.63, 3.8) is 0 Å². The first kappa shape index (κ1) is 18.2. The molecule has 3 rings (SSSR count). The molecule has 0 atom stereocenters. The SMILES string of the molecule is O=S(=O)(Nc1ccc(NCc2ccc(F)cc2)nc1)c1ccc(Cl)cc1. The Hall–Kier alpha value is -2.64. The van der Waals surface area contributed by atoms with Crippen LogP contribution in [0.15, 0.2) is 71.8 Å². The molecular weight excluding hydrogens is 377 g/mol. The van der Waals surface area contributed by atoms with Crippen molar-refractivity contribution in [3.05, 3.63) is 83.3 Å². The van der Waals surface area contributed by atoms with E-state index in [9.17, 15) is 12.8 Å². The maximum atomic E-state index is 12.9. The van der Waals surface area contributed by atoms with Gasteiger partial charge >= 0.3 is 0 Å². The molecular formula is C18H15ClFN3O2S. The van der Waals surface area contributed by atoms with Gasteiger partial charge in [0, 0.05) is 11.6 Å². The predicted octanol–water partition coefficient (Wildman–Crippen LogP) is 4.29. The summed E-state index contributed by atoms with van der Waals surface area (Å²) in [7, 11) is -3.71. The van der Waals surface area contributed by atoms with E-state index in [0.717, 1.165) is 5.56 Å². The molecule has 0 aliphatic carbocycles. The molecule has 2 N–H and O–H groups in total. The van der Waals surface area contributed by atoms with Gasteiger partial charge in [-0.1, -0.05) is 23.7 Å². The van der Waals surface area contributed by atoms with Gasteiger partial charge < -0.3 is 5.32 Å². The second-order valence-corrected chi connectivity index (χ2v) is 7.59. The Kier molecular flexibility index (Phi) is 5.39. The molecule has 0 bridgehead atoms. The minimum absolute atomic E-state index is 0.111. The molecule has 0 aliphatic heterocycles. The van der Waals surface area contributed by atoms with Gasteiger partial charge in [-0.2, -0.15) is 0 Å². The highest BCUT2D eigenvalue weighted by molar-refractivity contribution is 7.92. The normalized spacial score (nSPS) is 11.2. The lowest BCUT2D eigenvalue weighted by Gasteiger charge is -2.09. The van der Waals surface area contributed by atoms with Crippen LogP contribution in [0.5, 0.6) is 0 Å². The van der Waals surface area contributed by atoms with Crippen LogP contribution in [0, 0.1) is 5.82 Å². The summed E-state index contributed by atoms with van der Waals surface area (Å²) in [5.41, 5.74) is 1.24. The molecule has 8 heteroatoms. The molecule has 0 saturated carbocycles. The van der Waals surface area contributed by atoms with Crippen molar-refractivity contribution in [2.45, 2.75) is 11.4 Å². The van der Waals surface area contributed by atoms with Gasteiger partial charge in [-0.15, -0.1) is 0 Å². The fraction of sp³-hybridized carbons (Fsp3) is 0.0556. The fourth-order valence-corrected chi connectivity index (χ4v) is 3.35. The molecule has 0 amide bonds. The zero-order valence-corrected chi connectivity index (χ0v) is 15.1. The Labute approximate surface area is 155 Å². The number of aromatic nitrogens is 1. The van der Waals surface area contributed by atoms with E-state index < -0.39 is 10.0 Å². The largest absolute Gasteiger partial charge is 0.366 e. The average molecular weight is 392 g/mol. The number of rotatable bonds is 6. The summed E-state index contributed by atoms with van der Waals surface area (Å²) in [6.07, 6.45) is 1.42. The summed E-state index contributed by atoms with van der Waals surface area (Å²) >= 11 is 5.77. The molecule has 0 saturated heterocycles. The van der Waals surface area contributed by atoms with Crippen molar-refractivity contribution in [2.75, 3.05) is 10.0 Å². The number of pyridine rings is 1. The third kappa shape index (κ3) is 4.71. The van der Waals surface area contributed by atoms with Crippen LogP contribution in [0.2, 0.25) is 5.02 Å². The van der Waals surface area contributed by atoms with E-state index in [-0.39, 0.29) is 10.7 Å². The van der Waals surface area contributed by atoms with Crippen LogP contribution in [-0.4, -0.2) is 13.4 Å². The lowest BCUT2D eigenvalue weighted by molar-refractivity contribution is 0.601. The highest BCUT2D eigenvalue weighted by Crippen LogP contribution is 2.19. The van der Waals surface area contributed by atoms with Crippen LogP contribution in [0.3, 0.4) is 0 Å². The summed E-state index contributed by atoms with van der Waals surface area (Å²) in [6.45, 7) is 0.475. The zero-order valence-electron chi connectivity index (χ0n) is 13.5. The van der Waals surface area contributed by atoms with Crippen molar-refractivity contribution < 1.29 is 12.8 Å². The summed E-state index contributed by atoms with van der Waals surface area (Å²) in [4.78, 5) is 4.28. The molecule has 0 spiro atoms. The molecule has 1 aromatic heterocycles. The Morgan fingerprint density at radius 1 is 0.962 bits per heavy atom. The van der Waals surface area contributed by atoms with Gasteiger partial charge in [-0.25, -0.2) is 17.8 Å². The van der Waals surface area contributed by atoms with Crippen LogP contribution in [0.4, 0.5) is 15.9 Å². The van der Waals surface area contributed by atoms with Gasteiger partial charge in [0.05, 0.1) is 16.8 Å². The number of anilines is 2. The topological polar surface area (TPSA) is 71.1 Å². The van der Waals surface area contributed by atoms with Crippen molar-refractivity contribution >= 4 is 33.1 Å². The van der Waals surface area contributed by atoms with Crippen molar-refractivity contribution in [1.82, 2.24) is 4.98 Å². The number of sulfonamides is 1.